The van der Waals surface area contributed by atoms with E-state index < -0.39 is 0 Å². The molecule has 0 amide bonds. The Balaban J connectivity index is 2.02. The van der Waals surface area contributed by atoms with E-state index in [0.717, 1.165) is 12.8 Å². The molecule has 0 saturated carbocycles. The van der Waals surface area contributed by atoms with Gasteiger partial charge in [-0.25, -0.2) is 4.79 Å². The Morgan fingerprint density at radius 3 is 2.00 bits per heavy atom. The first-order valence-corrected chi connectivity index (χ1v) is 9.68. The Morgan fingerprint density at radius 1 is 0.875 bits per heavy atom. The van der Waals surface area contributed by atoms with Crippen LogP contribution in [0.25, 0.3) is 0 Å². The average Bonchev–Trinajstić information content (AvgIpc) is 2.60. The third-order valence-electron chi connectivity index (χ3n) is 4.28. The minimum absolute atomic E-state index is 0.242. The van der Waals surface area contributed by atoms with Gasteiger partial charge in [-0.2, -0.15) is 0 Å². The van der Waals surface area contributed by atoms with Crippen LogP contribution in [0.3, 0.4) is 0 Å². The second-order valence-corrected chi connectivity index (χ2v) is 6.56. The van der Waals surface area contributed by atoms with Crippen molar-refractivity contribution < 1.29 is 9.53 Å². The second-order valence-electron chi connectivity index (χ2n) is 6.56. The molecule has 24 heavy (non-hydrogen) atoms. The van der Waals surface area contributed by atoms with E-state index in [1.54, 1.807) is 12.1 Å². The summed E-state index contributed by atoms with van der Waals surface area (Å²) in [5.74, 6) is 0.363. The van der Waals surface area contributed by atoms with Crippen LogP contribution in [0, 0.1) is 0 Å². The molecule has 0 atom stereocenters. The lowest BCUT2D eigenvalue weighted by Crippen LogP contribution is -2.09. The van der Waals surface area contributed by atoms with Gasteiger partial charge in [0.1, 0.15) is 5.75 Å². The molecule has 2 heteroatoms. The van der Waals surface area contributed by atoms with Crippen molar-refractivity contribution in [2.24, 2.45) is 0 Å². The highest BCUT2D eigenvalue weighted by Crippen LogP contribution is 2.13. The van der Waals surface area contributed by atoms with Crippen molar-refractivity contribution in [1.82, 2.24) is 0 Å². The molecule has 0 aliphatic rings. The van der Waals surface area contributed by atoms with Gasteiger partial charge in [0.15, 0.2) is 0 Å². The predicted octanol–water partition coefficient (Wildman–Crippen LogP) is 6.85. The maximum absolute atomic E-state index is 11.9. The van der Waals surface area contributed by atoms with Gasteiger partial charge < -0.3 is 4.74 Å². The molecule has 0 radical (unpaired) electrons. The molecule has 0 spiro atoms. The lowest BCUT2D eigenvalue weighted by Gasteiger charge is -2.04. The highest BCUT2D eigenvalue weighted by Gasteiger charge is 2.06. The lowest BCUT2D eigenvalue weighted by molar-refractivity contribution is -0.130. The van der Waals surface area contributed by atoms with Gasteiger partial charge in [-0.15, -0.1) is 0 Å². The van der Waals surface area contributed by atoms with E-state index in [9.17, 15) is 4.79 Å². The predicted molar refractivity (Wildman–Crippen MR) is 102 cm³/mol. The standard InChI is InChI=1S/C22H34O2/c1-3-4-5-6-7-8-9-10-11-12-14-17-20(2)22(23)24-21-18-15-13-16-19-21/h13,15-19H,3-12,14H2,1-2H3. The Morgan fingerprint density at radius 2 is 1.42 bits per heavy atom. The van der Waals surface area contributed by atoms with Crippen molar-refractivity contribution in [3.63, 3.8) is 0 Å². The summed E-state index contributed by atoms with van der Waals surface area (Å²) in [7, 11) is 0. The third kappa shape index (κ3) is 10.3. The van der Waals surface area contributed by atoms with Gasteiger partial charge in [0.2, 0.25) is 0 Å². The fourth-order valence-electron chi connectivity index (χ4n) is 2.71. The minimum Gasteiger partial charge on any atom is -0.423 e. The quantitative estimate of drug-likeness (QED) is 0.171. The second kappa shape index (κ2) is 13.8. The molecule has 0 fully saturated rings. The van der Waals surface area contributed by atoms with Crippen molar-refractivity contribution in [3.8, 4) is 5.75 Å². The number of para-hydroxylation sites is 1. The van der Waals surface area contributed by atoms with Crippen LogP contribution in [-0.4, -0.2) is 5.97 Å². The zero-order valence-electron chi connectivity index (χ0n) is 15.6. The van der Waals surface area contributed by atoms with Gasteiger partial charge in [-0.05, 0) is 31.9 Å². The molecule has 0 N–H and O–H groups in total. The average molecular weight is 331 g/mol. The number of allylic oxidation sites excluding steroid dienone is 1. The summed E-state index contributed by atoms with van der Waals surface area (Å²) in [5, 5.41) is 0. The zero-order valence-corrected chi connectivity index (χ0v) is 15.6. The highest BCUT2D eigenvalue weighted by atomic mass is 16.5. The molecule has 0 aliphatic carbocycles. The number of ether oxygens (including phenoxy) is 1. The molecule has 1 aromatic carbocycles. The maximum Gasteiger partial charge on any atom is 0.338 e. The molecule has 134 valence electrons. The summed E-state index contributed by atoms with van der Waals surface area (Å²) in [6.45, 7) is 4.10. The normalized spacial score (nSPS) is 11.5. The number of rotatable bonds is 13. The van der Waals surface area contributed by atoms with Crippen molar-refractivity contribution in [2.75, 3.05) is 0 Å². The molecule has 0 unspecified atom stereocenters. The molecule has 1 aromatic rings. The van der Waals surface area contributed by atoms with Crippen LogP contribution in [0.15, 0.2) is 42.0 Å². The van der Waals surface area contributed by atoms with Crippen LogP contribution in [0.2, 0.25) is 0 Å². The number of carbonyl (C=O) groups is 1. The summed E-state index contributed by atoms with van der Waals surface area (Å²) in [4.78, 5) is 11.9. The Bertz CT molecular complexity index is 462. The smallest absolute Gasteiger partial charge is 0.338 e. The molecule has 1 rings (SSSR count). The summed E-state index contributed by atoms with van der Waals surface area (Å²) in [6, 6.07) is 9.24. The molecular formula is C22H34O2. The van der Waals surface area contributed by atoms with E-state index in [4.69, 9.17) is 4.74 Å². The molecule has 0 aliphatic heterocycles. The van der Waals surface area contributed by atoms with Crippen LogP contribution >= 0.6 is 0 Å². The van der Waals surface area contributed by atoms with Gasteiger partial charge in [0, 0.05) is 5.57 Å². The first-order chi connectivity index (χ1) is 11.7. The number of hydrogen-bond donors (Lipinski definition) is 0. The number of benzene rings is 1. The van der Waals surface area contributed by atoms with Gasteiger partial charge in [0.25, 0.3) is 0 Å². The number of carbonyl (C=O) groups excluding carboxylic acids is 1. The largest absolute Gasteiger partial charge is 0.423 e. The van der Waals surface area contributed by atoms with E-state index in [2.05, 4.69) is 6.92 Å². The van der Waals surface area contributed by atoms with Crippen LogP contribution < -0.4 is 4.74 Å². The summed E-state index contributed by atoms with van der Waals surface area (Å²) in [5.41, 5.74) is 0.703. The maximum atomic E-state index is 11.9. The topological polar surface area (TPSA) is 26.3 Å². The molecular weight excluding hydrogens is 296 g/mol. The van der Waals surface area contributed by atoms with Crippen LogP contribution in [-0.2, 0) is 4.79 Å². The fraction of sp³-hybridized carbons (Fsp3) is 0.591. The number of hydrogen-bond acceptors (Lipinski definition) is 2. The monoisotopic (exact) mass is 330 g/mol. The first-order valence-electron chi connectivity index (χ1n) is 9.68. The minimum atomic E-state index is -0.242. The van der Waals surface area contributed by atoms with Crippen LogP contribution in [0.4, 0.5) is 0 Å². The highest BCUT2D eigenvalue weighted by molar-refractivity contribution is 5.89. The Hall–Kier alpha value is -1.57. The number of esters is 1. The van der Waals surface area contributed by atoms with Gasteiger partial charge in [-0.3, -0.25) is 0 Å². The van der Waals surface area contributed by atoms with Gasteiger partial charge in [0.05, 0.1) is 0 Å². The molecule has 0 aromatic heterocycles. The molecule has 0 saturated heterocycles. The summed E-state index contributed by atoms with van der Waals surface area (Å²) < 4.78 is 5.32. The molecule has 0 heterocycles. The number of unbranched alkanes of at least 4 members (excludes halogenated alkanes) is 10. The first kappa shape index (κ1) is 20.5. The lowest BCUT2D eigenvalue weighted by atomic mass is 10.1. The summed E-state index contributed by atoms with van der Waals surface area (Å²) >= 11 is 0. The third-order valence-corrected chi connectivity index (χ3v) is 4.28. The van der Waals surface area contributed by atoms with Crippen molar-refractivity contribution in [3.05, 3.63) is 42.0 Å². The SMILES string of the molecule is CCCCCCCCCCCCC=C(C)C(=O)Oc1ccccc1. The van der Waals surface area contributed by atoms with E-state index in [-0.39, 0.29) is 5.97 Å². The Kier molecular flexibility index (Phi) is 11.8. The zero-order chi connectivity index (χ0) is 17.5. The summed E-state index contributed by atoms with van der Waals surface area (Å²) in [6.07, 6.45) is 16.3. The van der Waals surface area contributed by atoms with Gasteiger partial charge in [-0.1, -0.05) is 89.0 Å². The van der Waals surface area contributed by atoms with Crippen molar-refractivity contribution in [2.45, 2.75) is 84.5 Å². The van der Waals surface area contributed by atoms with E-state index in [0.29, 0.717) is 11.3 Å². The van der Waals surface area contributed by atoms with Crippen LogP contribution in [0.5, 0.6) is 5.75 Å². The van der Waals surface area contributed by atoms with E-state index in [1.807, 2.05) is 31.2 Å². The van der Waals surface area contributed by atoms with Crippen molar-refractivity contribution >= 4 is 5.97 Å². The van der Waals surface area contributed by atoms with E-state index >= 15 is 0 Å². The fourth-order valence-corrected chi connectivity index (χ4v) is 2.71. The molecule has 0 bridgehead atoms. The molecule has 2 nitrogen and oxygen atoms in total. The van der Waals surface area contributed by atoms with E-state index in [1.165, 1.54) is 57.8 Å². The Labute approximate surface area is 148 Å². The van der Waals surface area contributed by atoms with Gasteiger partial charge >= 0.3 is 5.97 Å². The van der Waals surface area contributed by atoms with Crippen LogP contribution in [0.1, 0.15) is 84.5 Å². The van der Waals surface area contributed by atoms with Crippen molar-refractivity contribution in [1.29, 1.82) is 0 Å².